The average molecular weight is 537 g/mol. The molecule has 0 unspecified atom stereocenters. The van der Waals surface area contributed by atoms with Gasteiger partial charge in [-0.1, -0.05) is 12.1 Å². The number of benzene rings is 4. The van der Waals surface area contributed by atoms with Crippen LogP contribution in [-0.4, -0.2) is 19.0 Å². The highest BCUT2D eigenvalue weighted by molar-refractivity contribution is 5.93. The van der Waals surface area contributed by atoms with Gasteiger partial charge in [0.25, 0.3) is 0 Å². The second-order valence-corrected chi connectivity index (χ2v) is 8.97. The summed E-state index contributed by atoms with van der Waals surface area (Å²) in [5.41, 5.74) is 13.5. The Morgan fingerprint density at radius 1 is 0.725 bits per heavy atom. The average Bonchev–Trinajstić information content (AvgIpc) is 2.94. The molecule has 0 aliphatic carbocycles. The lowest BCUT2D eigenvalue weighted by atomic mass is 10.0. The van der Waals surface area contributed by atoms with Crippen molar-refractivity contribution in [3.63, 3.8) is 0 Å². The number of anilines is 2. The molecule has 4 N–H and O–H groups in total. The van der Waals surface area contributed by atoms with Crippen molar-refractivity contribution < 1.29 is 28.2 Å². The van der Waals surface area contributed by atoms with Crippen LogP contribution in [0.5, 0.6) is 17.2 Å². The van der Waals surface area contributed by atoms with Gasteiger partial charge in [0.05, 0.1) is 23.6 Å². The van der Waals surface area contributed by atoms with Gasteiger partial charge in [0.15, 0.2) is 5.43 Å². The molecule has 40 heavy (non-hydrogen) atoms. The highest BCUT2D eigenvalue weighted by atomic mass is 16.5. The molecule has 9 nitrogen and oxygen atoms in total. The number of esters is 2. The summed E-state index contributed by atoms with van der Waals surface area (Å²) < 4.78 is 22.6. The van der Waals surface area contributed by atoms with E-state index in [2.05, 4.69) is 0 Å². The second kappa shape index (κ2) is 10.7. The minimum absolute atomic E-state index is 0.0492. The predicted molar refractivity (Wildman–Crippen MR) is 151 cm³/mol. The summed E-state index contributed by atoms with van der Waals surface area (Å²) in [6.07, 6.45) is 0. The molecule has 0 atom stereocenters. The fourth-order valence-corrected chi connectivity index (χ4v) is 4.15. The molecule has 0 saturated carbocycles. The largest absolute Gasteiger partial charge is 0.497 e. The van der Waals surface area contributed by atoms with Crippen LogP contribution >= 0.6 is 0 Å². The first-order valence-electron chi connectivity index (χ1n) is 12.1. The van der Waals surface area contributed by atoms with E-state index in [0.29, 0.717) is 39.2 Å². The number of carbonyl (C=O) groups excluding carboxylic acids is 2. The first kappa shape index (κ1) is 26.1. The molecule has 1 aromatic heterocycles. The highest BCUT2D eigenvalue weighted by Gasteiger charge is 2.19. The SMILES string of the molecule is COc1ccc2c(=O)c(C)c(-c3cc(OC(=O)c4cccc(N)c4)cc(OC(=O)c4cccc(N)c4)c3)oc2c1. The van der Waals surface area contributed by atoms with Crippen molar-refractivity contribution in [2.75, 3.05) is 18.6 Å². The van der Waals surface area contributed by atoms with Crippen LogP contribution in [0.15, 0.2) is 94.1 Å². The lowest BCUT2D eigenvalue weighted by molar-refractivity contribution is 0.0733. The molecular weight excluding hydrogens is 512 g/mol. The molecule has 1 heterocycles. The summed E-state index contributed by atoms with van der Waals surface area (Å²) in [7, 11) is 1.51. The van der Waals surface area contributed by atoms with E-state index >= 15 is 0 Å². The Morgan fingerprint density at radius 2 is 1.30 bits per heavy atom. The van der Waals surface area contributed by atoms with Crippen LogP contribution in [-0.2, 0) is 0 Å². The van der Waals surface area contributed by atoms with Crippen molar-refractivity contribution >= 4 is 34.3 Å². The van der Waals surface area contributed by atoms with Crippen LogP contribution in [0.1, 0.15) is 26.3 Å². The third-order valence-electron chi connectivity index (χ3n) is 6.13. The summed E-state index contributed by atoms with van der Waals surface area (Å²) in [6.45, 7) is 1.62. The van der Waals surface area contributed by atoms with Crippen LogP contribution in [0.25, 0.3) is 22.3 Å². The molecule has 0 spiro atoms. The number of hydrogen-bond donors (Lipinski definition) is 2. The zero-order valence-electron chi connectivity index (χ0n) is 21.6. The van der Waals surface area contributed by atoms with Crippen molar-refractivity contribution in [3.05, 3.63) is 112 Å². The topological polar surface area (TPSA) is 144 Å². The molecule has 0 aliphatic rings. The Hall–Kier alpha value is -5.57. The molecule has 0 fully saturated rings. The van der Waals surface area contributed by atoms with E-state index in [1.165, 1.54) is 37.4 Å². The van der Waals surface area contributed by atoms with Crippen LogP contribution in [0.2, 0.25) is 0 Å². The maximum absolute atomic E-state index is 13.2. The van der Waals surface area contributed by atoms with Crippen molar-refractivity contribution in [1.82, 2.24) is 0 Å². The van der Waals surface area contributed by atoms with Crippen LogP contribution < -0.4 is 31.1 Å². The van der Waals surface area contributed by atoms with Crippen LogP contribution in [0.4, 0.5) is 11.4 Å². The van der Waals surface area contributed by atoms with Gasteiger partial charge in [-0.05, 0) is 67.6 Å². The molecule has 9 heteroatoms. The van der Waals surface area contributed by atoms with E-state index in [0.717, 1.165) is 0 Å². The smallest absolute Gasteiger partial charge is 0.343 e. The lowest BCUT2D eigenvalue weighted by Crippen LogP contribution is -2.11. The molecule has 5 aromatic rings. The Kier molecular flexibility index (Phi) is 6.94. The minimum Gasteiger partial charge on any atom is -0.497 e. The van der Waals surface area contributed by atoms with Crippen LogP contribution in [0.3, 0.4) is 0 Å². The van der Waals surface area contributed by atoms with E-state index in [1.54, 1.807) is 61.5 Å². The predicted octanol–water partition coefficient (Wildman–Crippen LogP) is 5.38. The number of fused-ring (bicyclic) bond motifs is 1. The van der Waals surface area contributed by atoms with E-state index in [-0.39, 0.29) is 33.8 Å². The van der Waals surface area contributed by atoms with Gasteiger partial charge in [-0.2, -0.15) is 0 Å². The Labute approximate surface area is 228 Å². The molecule has 0 amide bonds. The van der Waals surface area contributed by atoms with Gasteiger partial charge in [-0.25, -0.2) is 9.59 Å². The van der Waals surface area contributed by atoms with Crippen molar-refractivity contribution in [3.8, 4) is 28.6 Å². The monoisotopic (exact) mass is 536 g/mol. The number of hydrogen-bond acceptors (Lipinski definition) is 9. The molecule has 0 saturated heterocycles. The van der Waals surface area contributed by atoms with Gasteiger partial charge in [-0.3, -0.25) is 4.79 Å². The van der Waals surface area contributed by atoms with E-state index in [4.69, 9.17) is 30.1 Å². The van der Waals surface area contributed by atoms with E-state index in [9.17, 15) is 14.4 Å². The van der Waals surface area contributed by atoms with Gasteiger partial charge in [0.1, 0.15) is 28.6 Å². The number of ether oxygens (including phenoxy) is 3. The van der Waals surface area contributed by atoms with Crippen molar-refractivity contribution in [2.24, 2.45) is 0 Å². The highest BCUT2D eigenvalue weighted by Crippen LogP contribution is 2.34. The molecule has 0 radical (unpaired) electrons. The summed E-state index contributed by atoms with van der Waals surface area (Å²) in [5, 5.41) is 0.375. The summed E-state index contributed by atoms with van der Waals surface area (Å²) in [6, 6.07) is 21.9. The lowest BCUT2D eigenvalue weighted by Gasteiger charge is -2.13. The number of carbonyl (C=O) groups is 2. The van der Waals surface area contributed by atoms with Gasteiger partial charge in [-0.15, -0.1) is 0 Å². The van der Waals surface area contributed by atoms with Gasteiger partial charge in [0.2, 0.25) is 0 Å². The van der Waals surface area contributed by atoms with Crippen molar-refractivity contribution in [2.45, 2.75) is 6.92 Å². The van der Waals surface area contributed by atoms with Gasteiger partial charge in [0, 0.05) is 34.6 Å². The summed E-state index contributed by atoms with van der Waals surface area (Å²) in [5.74, 6) is -0.556. The van der Waals surface area contributed by atoms with Crippen molar-refractivity contribution in [1.29, 1.82) is 0 Å². The first-order chi connectivity index (χ1) is 19.2. The van der Waals surface area contributed by atoms with Gasteiger partial charge >= 0.3 is 11.9 Å². The maximum atomic E-state index is 13.2. The number of rotatable bonds is 6. The molecule has 4 aromatic carbocycles. The van der Waals surface area contributed by atoms with Crippen LogP contribution in [0, 0.1) is 6.92 Å². The fourth-order valence-electron chi connectivity index (χ4n) is 4.15. The molecular formula is C31H24N2O7. The Balaban J connectivity index is 1.61. The fraction of sp³-hybridized carbons (Fsp3) is 0.0645. The van der Waals surface area contributed by atoms with Gasteiger partial charge < -0.3 is 30.1 Å². The summed E-state index contributed by atoms with van der Waals surface area (Å²) in [4.78, 5) is 39.0. The number of nitrogen functional groups attached to an aromatic ring is 2. The molecule has 200 valence electrons. The number of methoxy groups -OCH3 is 1. The standard InChI is InChI=1S/C31H24N2O7/c1-17-28(34)26-10-9-23(37-2)16-27(26)40-29(17)20-13-24(38-30(35)18-5-3-7-21(32)11-18)15-25(14-20)39-31(36)19-6-4-8-22(33)12-19/h3-16H,32-33H2,1-2H3. The third-order valence-corrected chi connectivity index (χ3v) is 6.13. The third kappa shape index (κ3) is 5.34. The minimum atomic E-state index is -0.681. The molecule has 0 aliphatic heterocycles. The molecule has 0 bridgehead atoms. The molecule has 5 rings (SSSR count). The second-order valence-electron chi connectivity index (χ2n) is 8.97. The summed E-state index contributed by atoms with van der Waals surface area (Å²) >= 11 is 0. The quantitative estimate of drug-likeness (QED) is 0.166. The van der Waals surface area contributed by atoms with E-state index in [1.807, 2.05) is 0 Å². The van der Waals surface area contributed by atoms with E-state index < -0.39 is 11.9 Å². The normalized spacial score (nSPS) is 10.8. The number of nitrogens with two attached hydrogens (primary N) is 2. The zero-order chi connectivity index (χ0) is 28.4. The Bertz CT molecular complexity index is 1760. The Morgan fingerprint density at radius 3 is 1.82 bits per heavy atom. The zero-order valence-corrected chi connectivity index (χ0v) is 21.6. The maximum Gasteiger partial charge on any atom is 0.343 e. The first-order valence-corrected chi connectivity index (χ1v) is 12.1.